The van der Waals surface area contributed by atoms with Gasteiger partial charge in [-0.2, -0.15) is 0 Å². The quantitative estimate of drug-likeness (QED) is 0.852. The molecule has 0 radical (unpaired) electrons. The van der Waals surface area contributed by atoms with Gasteiger partial charge in [0.25, 0.3) is 0 Å². The summed E-state index contributed by atoms with van der Waals surface area (Å²) in [6.07, 6.45) is 0.553. The van der Waals surface area contributed by atoms with E-state index >= 15 is 0 Å². The highest BCUT2D eigenvalue weighted by atomic mass is 79.9. The van der Waals surface area contributed by atoms with Gasteiger partial charge in [0.1, 0.15) is 4.51 Å². The molecule has 0 spiro atoms. The molecule has 16 heavy (non-hydrogen) atoms. The Labute approximate surface area is 104 Å². The predicted octanol–water partition coefficient (Wildman–Crippen LogP) is 3.47. The molecule has 0 heterocycles. The molecule has 2 rings (SSSR count). The van der Waals surface area contributed by atoms with E-state index in [0.717, 1.165) is 11.1 Å². The molecule has 82 valence electrons. The van der Waals surface area contributed by atoms with Gasteiger partial charge in [0, 0.05) is 6.42 Å². The van der Waals surface area contributed by atoms with Gasteiger partial charge < -0.3 is 5.11 Å². The van der Waals surface area contributed by atoms with Crippen LogP contribution in [0.2, 0.25) is 0 Å². The summed E-state index contributed by atoms with van der Waals surface area (Å²) in [4.78, 5) is 0. The highest BCUT2D eigenvalue weighted by molar-refractivity contribution is 9.09. The van der Waals surface area contributed by atoms with Crippen molar-refractivity contribution < 1.29 is 5.11 Å². The SMILES string of the molecule is OC(Br)(Cc1ccccc1)c1ccccc1. The highest BCUT2D eigenvalue weighted by Crippen LogP contribution is 2.31. The fraction of sp³-hybridized carbons (Fsp3) is 0.143. The third kappa shape index (κ3) is 2.71. The van der Waals surface area contributed by atoms with Crippen LogP contribution in [0.4, 0.5) is 0 Å². The van der Waals surface area contributed by atoms with E-state index in [4.69, 9.17) is 0 Å². The molecule has 0 fully saturated rings. The second-order valence-electron chi connectivity index (χ2n) is 3.79. The number of rotatable bonds is 3. The number of alkyl halides is 1. The van der Waals surface area contributed by atoms with Crippen LogP contribution < -0.4 is 0 Å². The van der Waals surface area contributed by atoms with E-state index in [-0.39, 0.29) is 0 Å². The van der Waals surface area contributed by atoms with E-state index in [1.54, 1.807) is 0 Å². The maximum Gasteiger partial charge on any atom is 0.148 e. The molecule has 2 heteroatoms. The van der Waals surface area contributed by atoms with Crippen molar-refractivity contribution in [1.29, 1.82) is 0 Å². The second kappa shape index (κ2) is 4.81. The number of benzene rings is 2. The first kappa shape index (κ1) is 11.4. The van der Waals surface area contributed by atoms with Crippen LogP contribution in [-0.2, 0) is 10.9 Å². The van der Waals surface area contributed by atoms with Gasteiger partial charge in [-0.25, -0.2) is 0 Å². The summed E-state index contributed by atoms with van der Waals surface area (Å²) in [6.45, 7) is 0. The summed E-state index contributed by atoms with van der Waals surface area (Å²) in [5, 5.41) is 10.4. The summed E-state index contributed by atoms with van der Waals surface area (Å²) in [5.74, 6) is 0. The molecular formula is C14H13BrO. The fourth-order valence-electron chi connectivity index (χ4n) is 1.66. The summed E-state index contributed by atoms with van der Waals surface area (Å²) in [7, 11) is 0. The van der Waals surface area contributed by atoms with Crippen LogP contribution in [0.1, 0.15) is 11.1 Å². The molecule has 2 aromatic rings. The van der Waals surface area contributed by atoms with Crippen molar-refractivity contribution in [2.45, 2.75) is 10.9 Å². The van der Waals surface area contributed by atoms with Crippen LogP contribution in [0, 0.1) is 0 Å². The topological polar surface area (TPSA) is 20.2 Å². The van der Waals surface area contributed by atoms with E-state index in [1.807, 2.05) is 60.7 Å². The minimum Gasteiger partial charge on any atom is -0.374 e. The van der Waals surface area contributed by atoms with Gasteiger partial charge in [0.05, 0.1) is 0 Å². The standard InChI is InChI=1S/C14H13BrO/c15-14(16,13-9-5-2-6-10-13)11-12-7-3-1-4-8-12/h1-10,16H,11H2. The van der Waals surface area contributed by atoms with Crippen LogP contribution in [0.3, 0.4) is 0 Å². The molecule has 0 aliphatic heterocycles. The monoisotopic (exact) mass is 276 g/mol. The van der Waals surface area contributed by atoms with Gasteiger partial charge in [0.2, 0.25) is 0 Å². The van der Waals surface area contributed by atoms with Crippen LogP contribution >= 0.6 is 15.9 Å². The van der Waals surface area contributed by atoms with E-state index in [9.17, 15) is 5.11 Å². The molecule has 0 aromatic heterocycles. The summed E-state index contributed by atoms with van der Waals surface area (Å²) < 4.78 is -0.990. The summed E-state index contributed by atoms with van der Waals surface area (Å²) in [5.41, 5.74) is 1.98. The maximum atomic E-state index is 10.4. The van der Waals surface area contributed by atoms with Gasteiger partial charge in [0.15, 0.2) is 0 Å². The number of halogens is 1. The number of aliphatic hydroxyl groups is 1. The van der Waals surface area contributed by atoms with E-state index in [0.29, 0.717) is 6.42 Å². The van der Waals surface area contributed by atoms with Gasteiger partial charge in [-0.05, 0) is 27.1 Å². The van der Waals surface area contributed by atoms with Gasteiger partial charge in [-0.1, -0.05) is 60.7 Å². The molecule has 0 saturated carbocycles. The Kier molecular flexibility index (Phi) is 3.42. The third-order valence-electron chi connectivity index (χ3n) is 2.50. The van der Waals surface area contributed by atoms with Crippen molar-refractivity contribution in [2.24, 2.45) is 0 Å². The van der Waals surface area contributed by atoms with Gasteiger partial charge >= 0.3 is 0 Å². The van der Waals surface area contributed by atoms with E-state index < -0.39 is 4.51 Å². The molecule has 1 atom stereocenters. The average molecular weight is 277 g/mol. The van der Waals surface area contributed by atoms with E-state index in [2.05, 4.69) is 15.9 Å². The molecule has 1 nitrogen and oxygen atoms in total. The molecule has 0 amide bonds. The number of hydrogen-bond donors (Lipinski definition) is 1. The summed E-state index contributed by atoms with van der Waals surface area (Å²) in [6, 6.07) is 19.6. The van der Waals surface area contributed by atoms with Gasteiger partial charge in [-0.15, -0.1) is 0 Å². The molecule has 0 bridgehead atoms. The van der Waals surface area contributed by atoms with Crippen molar-refractivity contribution >= 4 is 15.9 Å². The lowest BCUT2D eigenvalue weighted by molar-refractivity contribution is 0.146. The maximum absolute atomic E-state index is 10.4. The molecular weight excluding hydrogens is 264 g/mol. The van der Waals surface area contributed by atoms with Gasteiger partial charge in [-0.3, -0.25) is 0 Å². The first-order valence-corrected chi connectivity index (χ1v) is 5.98. The van der Waals surface area contributed by atoms with Crippen molar-refractivity contribution in [1.82, 2.24) is 0 Å². The van der Waals surface area contributed by atoms with Crippen molar-refractivity contribution in [3.05, 3.63) is 71.8 Å². The minimum atomic E-state index is -0.990. The van der Waals surface area contributed by atoms with Crippen LogP contribution in [0.5, 0.6) is 0 Å². The van der Waals surface area contributed by atoms with Crippen molar-refractivity contribution in [3.63, 3.8) is 0 Å². The Hall–Kier alpha value is -1.12. The first-order valence-electron chi connectivity index (χ1n) is 5.19. The van der Waals surface area contributed by atoms with Crippen molar-refractivity contribution in [3.8, 4) is 0 Å². The van der Waals surface area contributed by atoms with Crippen LogP contribution in [-0.4, -0.2) is 5.11 Å². The Balaban J connectivity index is 2.21. The molecule has 0 aliphatic carbocycles. The zero-order valence-electron chi connectivity index (χ0n) is 8.81. The Morgan fingerprint density at radius 3 is 1.94 bits per heavy atom. The smallest absolute Gasteiger partial charge is 0.148 e. The Morgan fingerprint density at radius 1 is 0.875 bits per heavy atom. The predicted molar refractivity (Wildman–Crippen MR) is 69.4 cm³/mol. The average Bonchev–Trinajstić information content (AvgIpc) is 2.31. The molecule has 1 N–H and O–H groups in total. The fourth-order valence-corrected chi connectivity index (χ4v) is 2.25. The van der Waals surface area contributed by atoms with Crippen LogP contribution in [0.15, 0.2) is 60.7 Å². The minimum absolute atomic E-state index is 0.553. The lowest BCUT2D eigenvalue weighted by Gasteiger charge is -2.21. The number of hydrogen-bond acceptors (Lipinski definition) is 1. The molecule has 0 saturated heterocycles. The van der Waals surface area contributed by atoms with Crippen LogP contribution in [0.25, 0.3) is 0 Å². The highest BCUT2D eigenvalue weighted by Gasteiger charge is 2.25. The lowest BCUT2D eigenvalue weighted by atomic mass is 10.0. The molecule has 2 aromatic carbocycles. The normalized spacial score (nSPS) is 14.4. The largest absolute Gasteiger partial charge is 0.374 e. The van der Waals surface area contributed by atoms with E-state index in [1.165, 1.54) is 0 Å². The Bertz CT molecular complexity index is 437. The molecule has 1 unspecified atom stereocenters. The first-order chi connectivity index (χ1) is 7.68. The van der Waals surface area contributed by atoms with Crippen molar-refractivity contribution in [2.75, 3.05) is 0 Å². The Morgan fingerprint density at radius 2 is 1.38 bits per heavy atom. The third-order valence-corrected chi connectivity index (χ3v) is 3.24. The molecule has 0 aliphatic rings. The second-order valence-corrected chi connectivity index (χ2v) is 5.10. The zero-order valence-corrected chi connectivity index (χ0v) is 10.4. The zero-order chi connectivity index (χ0) is 11.4. The summed E-state index contributed by atoms with van der Waals surface area (Å²) >= 11 is 3.38. The lowest BCUT2D eigenvalue weighted by Crippen LogP contribution is -2.20.